The zero-order valence-electron chi connectivity index (χ0n) is 20.0. The molecule has 0 aliphatic heterocycles. The van der Waals surface area contributed by atoms with Crippen molar-refractivity contribution < 1.29 is 0 Å². The molecular weight excluding hydrogens is 369 g/mol. The van der Waals surface area contributed by atoms with Gasteiger partial charge in [-0.15, -0.1) is 0 Å². The predicted molar refractivity (Wildman–Crippen MR) is 134 cm³/mol. The van der Waals surface area contributed by atoms with Gasteiger partial charge in [0.2, 0.25) is 0 Å². The molecule has 0 radical (unpaired) electrons. The molecule has 0 N–H and O–H groups in total. The summed E-state index contributed by atoms with van der Waals surface area (Å²) in [6, 6.07) is 2.85. The van der Waals surface area contributed by atoms with Crippen molar-refractivity contribution in [3.8, 4) is 6.07 Å². The summed E-state index contributed by atoms with van der Waals surface area (Å²) in [7, 11) is -1.55. The molecule has 170 valence electrons. The Morgan fingerprint density at radius 1 is 0.690 bits per heavy atom. The van der Waals surface area contributed by atoms with Gasteiger partial charge in [-0.1, -0.05) is 0 Å². The fraction of sp³-hybridized carbons (Fsp3) is 0.963. The van der Waals surface area contributed by atoms with Crippen LogP contribution in [0.3, 0.4) is 0 Å². The van der Waals surface area contributed by atoms with E-state index in [9.17, 15) is 5.26 Å². The van der Waals surface area contributed by atoms with Crippen molar-refractivity contribution in [1.82, 2.24) is 0 Å². The molecule has 0 bridgehead atoms. The Morgan fingerprint density at radius 2 is 1.10 bits per heavy atom. The second kappa shape index (κ2) is 14.8. The number of nitriles is 1. The summed E-state index contributed by atoms with van der Waals surface area (Å²) in [5.41, 5.74) is 2.31. The molecular formula is C27H52NP. The number of rotatable bonds is 14. The molecule has 0 spiro atoms. The number of unbranched alkanes of at least 4 members (excludes halogenated alkanes) is 9. The molecule has 0 saturated heterocycles. The molecule has 2 aliphatic carbocycles. The van der Waals surface area contributed by atoms with E-state index < -0.39 is 7.26 Å². The Morgan fingerprint density at radius 3 is 1.52 bits per heavy atom. The third-order valence-electron chi connectivity index (χ3n) is 8.69. The predicted octanol–water partition coefficient (Wildman–Crippen LogP) is 9.23. The molecule has 2 heteroatoms. The molecule has 2 fully saturated rings. The van der Waals surface area contributed by atoms with Crippen molar-refractivity contribution >= 4 is 7.26 Å². The van der Waals surface area contributed by atoms with Gasteiger partial charge in [0.15, 0.2) is 0 Å². The number of hydrogen-bond acceptors (Lipinski definition) is 1. The fourth-order valence-corrected chi connectivity index (χ4v) is 14.4. The van der Waals surface area contributed by atoms with Crippen LogP contribution in [0.25, 0.3) is 0 Å². The van der Waals surface area contributed by atoms with Gasteiger partial charge in [0.1, 0.15) is 0 Å². The maximum absolute atomic E-state index is 10.1. The summed E-state index contributed by atoms with van der Waals surface area (Å²) in [5.74, 6) is 0. The topological polar surface area (TPSA) is 23.8 Å². The van der Waals surface area contributed by atoms with E-state index in [1.807, 2.05) is 0 Å². The summed E-state index contributed by atoms with van der Waals surface area (Å²) in [6.07, 6.45) is 30.3. The van der Waals surface area contributed by atoms with Crippen LogP contribution in [-0.2, 0) is 0 Å². The van der Waals surface area contributed by atoms with E-state index in [2.05, 4.69) is 19.9 Å². The first kappa shape index (κ1) is 25.2. The van der Waals surface area contributed by atoms with Gasteiger partial charge in [0.25, 0.3) is 0 Å². The molecule has 2 rings (SSSR count). The van der Waals surface area contributed by atoms with Crippen LogP contribution in [0.15, 0.2) is 0 Å². The summed E-state index contributed by atoms with van der Waals surface area (Å²) in [6.45, 7) is 4.66. The van der Waals surface area contributed by atoms with Crippen molar-refractivity contribution in [2.24, 2.45) is 0 Å². The van der Waals surface area contributed by atoms with E-state index in [-0.39, 0.29) is 0 Å². The standard InChI is InChI=1S/C27H52NP/c1-3-4-5-6-7-8-9-10-11-18-23-29(25(2)24-28,26-19-14-12-15-20-26)27-21-16-13-17-22-27/h25-27,29H,3-23H2,1-2H3. The van der Waals surface area contributed by atoms with Crippen LogP contribution in [0.1, 0.15) is 142 Å². The molecule has 0 heterocycles. The Balaban J connectivity index is 1.87. The first-order valence-electron chi connectivity index (χ1n) is 13.6. The zero-order valence-corrected chi connectivity index (χ0v) is 21.0. The SMILES string of the molecule is CCCCCCCCCCCC[PH](C(C)C#N)(C1CCCCC1)C1CCCCC1. The van der Waals surface area contributed by atoms with E-state index in [0.717, 1.165) is 11.3 Å². The first-order chi connectivity index (χ1) is 14.3. The van der Waals surface area contributed by atoms with Crippen molar-refractivity contribution in [1.29, 1.82) is 5.26 Å². The van der Waals surface area contributed by atoms with Crippen LogP contribution >= 0.6 is 7.26 Å². The van der Waals surface area contributed by atoms with Crippen molar-refractivity contribution in [3.63, 3.8) is 0 Å². The van der Waals surface area contributed by atoms with Crippen LogP contribution in [-0.4, -0.2) is 23.1 Å². The first-order valence-corrected chi connectivity index (χ1v) is 16.1. The van der Waals surface area contributed by atoms with E-state index in [0.29, 0.717) is 5.66 Å². The van der Waals surface area contributed by atoms with Gasteiger partial charge in [-0.2, -0.15) is 0 Å². The molecule has 1 unspecified atom stereocenters. The van der Waals surface area contributed by atoms with Gasteiger partial charge in [-0.05, 0) is 0 Å². The van der Waals surface area contributed by atoms with E-state index >= 15 is 0 Å². The van der Waals surface area contributed by atoms with Crippen LogP contribution in [0.4, 0.5) is 0 Å². The van der Waals surface area contributed by atoms with Gasteiger partial charge in [0.05, 0.1) is 0 Å². The minimum absolute atomic E-state index is 0.382. The molecule has 2 saturated carbocycles. The van der Waals surface area contributed by atoms with Gasteiger partial charge in [-0.25, -0.2) is 0 Å². The molecule has 0 aromatic rings. The molecule has 0 aromatic heterocycles. The van der Waals surface area contributed by atoms with Crippen LogP contribution < -0.4 is 0 Å². The average molecular weight is 422 g/mol. The Bertz CT molecular complexity index is 424. The normalized spacial score (nSPS) is 21.0. The van der Waals surface area contributed by atoms with Crippen LogP contribution in [0, 0.1) is 11.3 Å². The Hall–Kier alpha value is -0.0800. The van der Waals surface area contributed by atoms with E-state index in [1.165, 1.54) is 135 Å². The van der Waals surface area contributed by atoms with Gasteiger partial charge in [-0.3, -0.25) is 0 Å². The second-order valence-corrected chi connectivity index (χ2v) is 15.8. The quantitative estimate of drug-likeness (QED) is 0.202. The van der Waals surface area contributed by atoms with E-state index in [1.54, 1.807) is 0 Å². The second-order valence-electron chi connectivity index (χ2n) is 10.6. The molecule has 1 atom stereocenters. The van der Waals surface area contributed by atoms with Gasteiger partial charge in [0, 0.05) is 0 Å². The maximum atomic E-state index is 10.1. The van der Waals surface area contributed by atoms with Gasteiger partial charge < -0.3 is 0 Å². The van der Waals surface area contributed by atoms with Crippen molar-refractivity contribution in [3.05, 3.63) is 0 Å². The van der Waals surface area contributed by atoms with Crippen LogP contribution in [0.5, 0.6) is 0 Å². The summed E-state index contributed by atoms with van der Waals surface area (Å²) in [5, 5.41) is 10.1. The monoisotopic (exact) mass is 421 g/mol. The summed E-state index contributed by atoms with van der Waals surface area (Å²) in [4.78, 5) is 0. The summed E-state index contributed by atoms with van der Waals surface area (Å²) >= 11 is 0. The Labute approximate surface area is 184 Å². The van der Waals surface area contributed by atoms with Crippen molar-refractivity contribution in [2.45, 2.75) is 159 Å². The average Bonchev–Trinajstić information content (AvgIpc) is 2.78. The van der Waals surface area contributed by atoms with Crippen LogP contribution in [0.2, 0.25) is 0 Å². The zero-order chi connectivity index (χ0) is 20.8. The van der Waals surface area contributed by atoms with Gasteiger partial charge >= 0.3 is 184 Å². The molecule has 0 amide bonds. The number of nitrogens with zero attached hydrogens (tertiary/aromatic N) is 1. The molecule has 29 heavy (non-hydrogen) atoms. The fourth-order valence-electron chi connectivity index (χ4n) is 6.98. The van der Waals surface area contributed by atoms with Crippen molar-refractivity contribution in [2.75, 3.05) is 6.16 Å². The summed E-state index contributed by atoms with van der Waals surface area (Å²) < 4.78 is 0. The minimum atomic E-state index is -1.55. The number of hydrogen-bond donors (Lipinski definition) is 0. The third kappa shape index (κ3) is 7.84. The molecule has 0 aromatic carbocycles. The van der Waals surface area contributed by atoms with E-state index in [4.69, 9.17) is 0 Å². The molecule has 2 aliphatic rings. The third-order valence-corrected chi connectivity index (χ3v) is 15.8. The Kier molecular flexibility index (Phi) is 12.9. The molecule has 1 nitrogen and oxygen atoms in total.